The summed E-state index contributed by atoms with van der Waals surface area (Å²) >= 11 is 3.05. The highest BCUT2D eigenvalue weighted by Crippen LogP contribution is 2.33. The summed E-state index contributed by atoms with van der Waals surface area (Å²) in [7, 11) is 0. The van der Waals surface area contributed by atoms with Gasteiger partial charge in [0.1, 0.15) is 11.5 Å². The Labute approximate surface area is 118 Å². The van der Waals surface area contributed by atoms with E-state index in [4.69, 9.17) is 4.74 Å². The molecule has 1 aliphatic carbocycles. The summed E-state index contributed by atoms with van der Waals surface area (Å²) < 4.78 is 46.0. The van der Waals surface area contributed by atoms with E-state index in [2.05, 4.69) is 20.7 Å². The first-order valence-electron chi connectivity index (χ1n) is 6.12. The molecule has 2 nitrogen and oxygen atoms in total. The molecule has 0 radical (unpaired) electrons. The smallest absolute Gasteiger partial charge is 0.493 e. The zero-order valence-electron chi connectivity index (χ0n) is 10.2. The number of ether oxygens (including phenoxy) is 2. The number of benzene rings is 1. The summed E-state index contributed by atoms with van der Waals surface area (Å²) in [5.74, 6) is 0.846. The van der Waals surface area contributed by atoms with Crippen molar-refractivity contribution in [3.63, 3.8) is 0 Å². The number of hydrogen-bond acceptors (Lipinski definition) is 2. The van der Waals surface area contributed by atoms with Crippen LogP contribution in [0.1, 0.15) is 25.7 Å². The van der Waals surface area contributed by atoms with Crippen LogP contribution < -0.4 is 9.47 Å². The maximum Gasteiger partial charge on any atom is 0.573 e. The normalized spacial score (nSPS) is 16.6. The molecule has 1 aromatic carbocycles. The van der Waals surface area contributed by atoms with E-state index < -0.39 is 6.36 Å². The summed E-state index contributed by atoms with van der Waals surface area (Å²) in [5, 5.41) is 0. The number of rotatable bonds is 4. The van der Waals surface area contributed by atoms with Crippen LogP contribution in [0.2, 0.25) is 0 Å². The van der Waals surface area contributed by atoms with Crippen molar-refractivity contribution < 1.29 is 22.6 Å². The largest absolute Gasteiger partial charge is 0.573 e. The molecule has 0 saturated heterocycles. The molecule has 1 aromatic rings. The lowest BCUT2D eigenvalue weighted by molar-refractivity contribution is -0.274. The second-order valence-corrected chi connectivity index (χ2v) is 5.46. The van der Waals surface area contributed by atoms with E-state index in [1.807, 2.05) is 0 Å². The molecule has 0 bridgehead atoms. The van der Waals surface area contributed by atoms with Crippen molar-refractivity contribution in [2.75, 3.05) is 6.61 Å². The van der Waals surface area contributed by atoms with Crippen LogP contribution in [-0.2, 0) is 0 Å². The summed E-state index contributed by atoms with van der Waals surface area (Å²) in [6.07, 6.45) is 0.105. The maximum absolute atomic E-state index is 12.1. The third-order valence-corrected chi connectivity index (χ3v) is 3.71. The first-order valence-corrected chi connectivity index (χ1v) is 6.91. The van der Waals surface area contributed by atoms with Crippen molar-refractivity contribution in [1.82, 2.24) is 0 Å². The van der Waals surface area contributed by atoms with E-state index in [-0.39, 0.29) is 10.2 Å². The van der Waals surface area contributed by atoms with E-state index in [1.165, 1.54) is 31.0 Å². The molecule has 106 valence electrons. The van der Waals surface area contributed by atoms with Gasteiger partial charge in [0.15, 0.2) is 0 Å². The van der Waals surface area contributed by atoms with Crippen molar-refractivity contribution in [3.8, 4) is 11.5 Å². The monoisotopic (exact) mass is 338 g/mol. The van der Waals surface area contributed by atoms with Crippen molar-refractivity contribution in [1.29, 1.82) is 0 Å². The molecular formula is C13H14BrF3O2. The third-order valence-electron chi connectivity index (χ3n) is 3.09. The zero-order valence-corrected chi connectivity index (χ0v) is 11.8. The lowest BCUT2D eigenvalue weighted by Crippen LogP contribution is -2.17. The Morgan fingerprint density at radius 2 is 1.89 bits per heavy atom. The minimum Gasteiger partial charge on any atom is -0.493 e. The summed E-state index contributed by atoms with van der Waals surface area (Å²) in [6, 6.07) is 4.23. The van der Waals surface area contributed by atoms with E-state index in [0.717, 1.165) is 12.8 Å². The van der Waals surface area contributed by atoms with Gasteiger partial charge in [-0.15, -0.1) is 13.2 Å². The fourth-order valence-electron chi connectivity index (χ4n) is 2.17. The van der Waals surface area contributed by atoms with Gasteiger partial charge in [0, 0.05) is 0 Å². The van der Waals surface area contributed by atoms with Crippen LogP contribution in [0.5, 0.6) is 11.5 Å². The van der Waals surface area contributed by atoms with E-state index in [9.17, 15) is 13.2 Å². The highest BCUT2D eigenvalue weighted by atomic mass is 79.9. The molecule has 1 fully saturated rings. The highest BCUT2D eigenvalue weighted by molar-refractivity contribution is 9.10. The molecule has 0 N–H and O–H groups in total. The molecule has 1 saturated carbocycles. The van der Waals surface area contributed by atoms with Crippen LogP contribution in [0, 0.1) is 5.92 Å². The molecular weight excluding hydrogens is 325 g/mol. The molecule has 19 heavy (non-hydrogen) atoms. The highest BCUT2D eigenvalue weighted by Gasteiger charge is 2.32. The van der Waals surface area contributed by atoms with Gasteiger partial charge >= 0.3 is 6.36 Å². The number of halogens is 4. The Bertz CT molecular complexity index is 428. The average Bonchev–Trinajstić information content (AvgIpc) is 2.81. The van der Waals surface area contributed by atoms with Gasteiger partial charge in [-0.25, -0.2) is 0 Å². The minimum atomic E-state index is -4.69. The van der Waals surface area contributed by atoms with Crippen LogP contribution in [0.15, 0.2) is 22.7 Å². The van der Waals surface area contributed by atoms with Gasteiger partial charge in [-0.2, -0.15) is 0 Å². The van der Waals surface area contributed by atoms with Gasteiger partial charge in [-0.1, -0.05) is 12.8 Å². The van der Waals surface area contributed by atoms with Gasteiger partial charge < -0.3 is 9.47 Å². The van der Waals surface area contributed by atoms with Gasteiger partial charge in [0.25, 0.3) is 0 Å². The second kappa shape index (κ2) is 6.03. The first kappa shape index (κ1) is 14.5. The summed E-state index contributed by atoms with van der Waals surface area (Å²) in [4.78, 5) is 0. The third kappa shape index (κ3) is 4.60. The molecule has 0 aromatic heterocycles. The Kier molecular flexibility index (Phi) is 4.60. The van der Waals surface area contributed by atoms with Crippen LogP contribution in [-0.4, -0.2) is 13.0 Å². The SMILES string of the molecule is FC(F)(F)Oc1ccc(OCC2CCCC2)cc1Br. The molecule has 0 aliphatic heterocycles. The fraction of sp³-hybridized carbons (Fsp3) is 0.538. The maximum atomic E-state index is 12.1. The van der Waals surface area contributed by atoms with Crippen molar-refractivity contribution in [3.05, 3.63) is 22.7 Å². The minimum absolute atomic E-state index is 0.230. The standard InChI is InChI=1S/C13H14BrF3O2/c14-11-7-10(18-8-9-3-1-2-4-9)5-6-12(11)19-13(15,16)17/h5-7,9H,1-4,8H2. The molecule has 2 rings (SSSR count). The molecule has 0 spiro atoms. The lowest BCUT2D eigenvalue weighted by atomic mass is 10.1. The average molecular weight is 339 g/mol. The van der Waals surface area contributed by atoms with Crippen molar-refractivity contribution in [2.45, 2.75) is 32.0 Å². The van der Waals surface area contributed by atoms with E-state index in [0.29, 0.717) is 18.3 Å². The molecule has 0 heterocycles. The molecule has 0 unspecified atom stereocenters. The molecule has 6 heteroatoms. The number of hydrogen-bond donors (Lipinski definition) is 0. The summed E-state index contributed by atoms with van der Waals surface area (Å²) in [5.41, 5.74) is 0. The lowest BCUT2D eigenvalue weighted by Gasteiger charge is -2.14. The van der Waals surface area contributed by atoms with Gasteiger partial charge in [-0.05, 0) is 52.9 Å². The topological polar surface area (TPSA) is 18.5 Å². The van der Waals surface area contributed by atoms with Gasteiger partial charge in [0.05, 0.1) is 11.1 Å². The zero-order chi connectivity index (χ0) is 13.9. The van der Waals surface area contributed by atoms with Crippen LogP contribution in [0.3, 0.4) is 0 Å². The molecule has 0 amide bonds. The van der Waals surface area contributed by atoms with Crippen molar-refractivity contribution in [2.24, 2.45) is 5.92 Å². The van der Waals surface area contributed by atoms with E-state index in [1.54, 1.807) is 0 Å². The van der Waals surface area contributed by atoms with Crippen LogP contribution in [0.4, 0.5) is 13.2 Å². The Morgan fingerprint density at radius 1 is 1.21 bits per heavy atom. The first-order chi connectivity index (χ1) is 8.94. The fourth-order valence-corrected chi connectivity index (χ4v) is 2.61. The molecule has 0 atom stereocenters. The van der Waals surface area contributed by atoms with Crippen molar-refractivity contribution >= 4 is 15.9 Å². The Hall–Kier alpha value is -0.910. The Balaban J connectivity index is 1.94. The van der Waals surface area contributed by atoms with E-state index >= 15 is 0 Å². The quantitative estimate of drug-likeness (QED) is 0.775. The van der Waals surface area contributed by atoms with Crippen LogP contribution in [0.25, 0.3) is 0 Å². The molecule has 1 aliphatic rings. The second-order valence-electron chi connectivity index (χ2n) is 4.60. The number of alkyl halides is 3. The van der Waals surface area contributed by atoms with Gasteiger partial charge in [-0.3, -0.25) is 0 Å². The summed E-state index contributed by atoms with van der Waals surface area (Å²) in [6.45, 7) is 0.617. The van der Waals surface area contributed by atoms with Gasteiger partial charge in [0.2, 0.25) is 0 Å². The predicted molar refractivity (Wildman–Crippen MR) is 68.3 cm³/mol. The Morgan fingerprint density at radius 3 is 2.47 bits per heavy atom. The predicted octanol–water partition coefficient (Wildman–Crippen LogP) is 4.92. The van der Waals surface area contributed by atoms with Crippen LogP contribution >= 0.6 is 15.9 Å².